The molecule has 2 aromatic rings. The lowest BCUT2D eigenvalue weighted by atomic mass is 9.78. The van der Waals surface area contributed by atoms with Crippen LogP contribution in [0.3, 0.4) is 0 Å². The number of allylic oxidation sites excluding steroid dienone is 2. The first kappa shape index (κ1) is 21.0. The van der Waals surface area contributed by atoms with E-state index in [4.69, 9.17) is 10.00 Å². The monoisotopic (exact) mass is 399 g/mol. The fourth-order valence-electron chi connectivity index (χ4n) is 3.78. The van der Waals surface area contributed by atoms with Gasteiger partial charge in [-0.2, -0.15) is 14.0 Å². The number of rotatable bonds is 6. The van der Waals surface area contributed by atoms with E-state index in [1.54, 1.807) is 18.2 Å². The van der Waals surface area contributed by atoms with Crippen LogP contribution in [0.2, 0.25) is 0 Å². The van der Waals surface area contributed by atoms with Crippen molar-refractivity contribution in [2.45, 2.75) is 51.1 Å². The van der Waals surface area contributed by atoms with Crippen LogP contribution in [-0.2, 0) is 6.11 Å². The maximum Gasteiger partial charge on any atom is 0.426 e. The minimum Gasteiger partial charge on any atom is -0.429 e. The minimum atomic E-state index is -3.60. The summed E-state index contributed by atoms with van der Waals surface area (Å²) in [7, 11) is 0. The zero-order valence-corrected chi connectivity index (χ0v) is 16.4. The first-order valence-corrected chi connectivity index (χ1v) is 9.96. The van der Waals surface area contributed by atoms with Crippen LogP contribution < -0.4 is 4.74 Å². The Morgan fingerprint density at radius 2 is 1.79 bits per heavy atom. The average Bonchev–Trinajstić information content (AvgIpc) is 2.72. The number of nitrogens with zero attached hydrogens (tertiary/aromatic N) is 1. The molecule has 0 amide bonds. The van der Waals surface area contributed by atoms with Crippen molar-refractivity contribution in [3.63, 3.8) is 0 Å². The van der Waals surface area contributed by atoms with Crippen LogP contribution in [0, 0.1) is 23.1 Å². The molecule has 0 atom stereocenters. The van der Waals surface area contributed by atoms with Crippen molar-refractivity contribution in [3.05, 3.63) is 77.1 Å². The highest BCUT2D eigenvalue weighted by Gasteiger charge is 2.35. The fraction of sp³-hybridized carbons (Fsp3) is 0.375. The molecule has 0 aromatic heterocycles. The predicted octanol–water partition coefficient (Wildman–Crippen LogP) is 7.07. The first-order valence-electron chi connectivity index (χ1n) is 9.96. The molecule has 5 heteroatoms. The lowest BCUT2D eigenvalue weighted by molar-refractivity contribution is -0.185. The number of hydrogen-bond acceptors (Lipinski definition) is 2. The number of benzene rings is 2. The molecule has 1 saturated carbocycles. The van der Waals surface area contributed by atoms with E-state index in [2.05, 4.69) is 19.1 Å². The van der Waals surface area contributed by atoms with Gasteiger partial charge in [0.1, 0.15) is 17.6 Å². The van der Waals surface area contributed by atoms with Crippen LogP contribution in [0.25, 0.3) is 0 Å². The number of nitriles is 1. The smallest absolute Gasteiger partial charge is 0.426 e. The lowest BCUT2D eigenvalue weighted by Gasteiger charge is -2.27. The van der Waals surface area contributed by atoms with Gasteiger partial charge in [-0.05, 0) is 73.8 Å². The Kier molecular flexibility index (Phi) is 6.64. The molecule has 0 radical (unpaired) electrons. The fourth-order valence-corrected chi connectivity index (χ4v) is 3.78. The normalized spacial score (nSPS) is 19.8. The van der Waals surface area contributed by atoms with Crippen LogP contribution in [0.4, 0.5) is 13.2 Å². The molecule has 1 aliphatic rings. The summed E-state index contributed by atoms with van der Waals surface area (Å²) in [6, 6.07) is 10.9. The zero-order valence-electron chi connectivity index (χ0n) is 16.4. The van der Waals surface area contributed by atoms with Crippen molar-refractivity contribution in [2.24, 2.45) is 5.92 Å². The molecule has 2 aromatic carbocycles. The van der Waals surface area contributed by atoms with Gasteiger partial charge in [0.15, 0.2) is 0 Å². The highest BCUT2D eigenvalue weighted by molar-refractivity contribution is 5.37. The quantitative estimate of drug-likeness (QED) is 0.487. The molecule has 0 spiro atoms. The van der Waals surface area contributed by atoms with Gasteiger partial charge in [-0.3, -0.25) is 0 Å². The van der Waals surface area contributed by atoms with Crippen LogP contribution in [0.1, 0.15) is 61.6 Å². The summed E-state index contributed by atoms with van der Waals surface area (Å²) in [6.45, 7) is 2.13. The van der Waals surface area contributed by atoms with E-state index in [1.807, 2.05) is 0 Å². The summed E-state index contributed by atoms with van der Waals surface area (Å²) in [5.74, 6) is -0.205. The van der Waals surface area contributed by atoms with E-state index < -0.39 is 11.9 Å². The molecule has 152 valence electrons. The van der Waals surface area contributed by atoms with Crippen molar-refractivity contribution in [3.8, 4) is 11.8 Å². The van der Waals surface area contributed by atoms with Gasteiger partial charge in [0, 0.05) is 6.07 Å². The van der Waals surface area contributed by atoms with Crippen molar-refractivity contribution < 1.29 is 17.9 Å². The molecule has 3 rings (SSSR count). The number of hydrogen-bond donors (Lipinski definition) is 0. The summed E-state index contributed by atoms with van der Waals surface area (Å²) < 4.78 is 47.3. The van der Waals surface area contributed by atoms with Crippen molar-refractivity contribution in [2.75, 3.05) is 0 Å². The Labute approximate surface area is 169 Å². The van der Waals surface area contributed by atoms with Crippen molar-refractivity contribution in [1.29, 1.82) is 5.26 Å². The minimum absolute atomic E-state index is 0.218. The van der Waals surface area contributed by atoms with E-state index in [0.29, 0.717) is 11.8 Å². The second-order valence-electron chi connectivity index (χ2n) is 7.44. The summed E-state index contributed by atoms with van der Waals surface area (Å²) in [5, 5.41) is 8.72. The topological polar surface area (TPSA) is 33.0 Å². The molecule has 1 fully saturated rings. The van der Waals surface area contributed by atoms with Crippen LogP contribution in [-0.4, -0.2) is 0 Å². The molecule has 0 unspecified atom stereocenters. The molecular weight excluding hydrogens is 375 g/mol. The number of ether oxygens (including phenoxy) is 1. The van der Waals surface area contributed by atoms with E-state index in [0.717, 1.165) is 55.9 Å². The molecule has 29 heavy (non-hydrogen) atoms. The third-order valence-electron chi connectivity index (χ3n) is 5.44. The van der Waals surface area contributed by atoms with Gasteiger partial charge in [0.25, 0.3) is 0 Å². The molecule has 2 nitrogen and oxygen atoms in total. The maximum absolute atomic E-state index is 14.5. The molecular formula is C24H24F3NO. The van der Waals surface area contributed by atoms with E-state index in [-0.39, 0.29) is 16.9 Å². The third-order valence-corrected chi connectivity index (χ3v) is 5.44. The highest BCUT2D eigenvalue weighted by Crippen LogP contribution is 2.38. The molecule has 0 heterocycles. The van der Waals surface area contributed by atoms with Gasteiger partial charge < -0.3 is 4.74 Å². The second-order valence-corrected chi connectivity index (χ2v) is 7.44. The molecule has 0 N–H and O–H groups in total. The SMILES string of the molecule is CCC=CC1CCC(c2ccc(C(F)(F)Oc3ccc(C#N)c(F)c3)cc2)CC1. The van der Waals surface area contributed by atoms with Crippen LogP contribution in [0.5, 0.6) is 5.75 Å². The Bertz CT molecular complexity index is 891. The zero-order chi connectivity index (χ0) is 20.9. The van der Waals surface area contributed by atoms with Gasteiger partial charge in [0.05, 0.1) is 11.1 Å². The third kappa shape index (κ3) is 5.20. The van der Waals surface area contributed by atoms with Gasteiger partial charge in [-0.1, -0.05) is 31.2 Å². The Morgan fingerprint density at radius 1 is 1.10 bits per heavy atom. The van der Waals surface area contributed by atoms with Crippen molar-refractivity contribution in [1.82, 2.24) is 0 Å². The Morgan fingerprint density at radius 3 is 2.38 bits per heavy atom. The Balaban J connectivity index is 1.65. The Hall–Kier alpha value is -2.74. The average molecular weight is 399 g/mol. The van der Waals surface area contributed by atoms with E-state index in [9.17, 15) is 13.2 Å². The first-order chi connectivity index (χ1) is 13.9. The van der Waals surface area contributed by atoms with E-state index >= 15 is 0 Å². The predicted molar refractivity (Wildman–Crippen MR) is 106 cm³/mol. The standard InChI is InChI=1S/C24H24F3NO/c1-2-3-4-17-5-7-18(8-6-17)19-9-12-21(13-10-19)24(26,27)29-22-14-11-20(16-28)23(25)15-22/h3-4,9-15,17-18H,2,5-8H2,1H3. The second kappa shape index (κ2) is 9.17. The molecule has 1 aliphatic carbocycles. The van der Waals surface area contributed by atoms with Gasteiger partial charge in [-0.15, -0.1) is 0 Å². The van der Waals surface area contributed by atoms with Crippen LogP contribution >= 0.6 is 0 Å². The lowest BCUT2D eigenvalue weighted by Crippen LogP contribution is -2.22. The number of alkyl halides is 2. The summed E-state index contributed by atoms with van der Waals surface area (Å²) >= 11 is 0. The summed E-state index contributed by atoms with van der Waals surface area (Å²) in [5.41, 5.74) is 0.558. The van der Waals surface area contributed by atoms with Gasteiger partial charge in [-0.25, -0.2) is 4.39 Å². The summed E-state index contributed by atoms with van der Waals surface area (Å²) in [4.78, 5) is 0. The maximum atomic E-state index is 14.5. The highest BCUT2D eigenvalue weighted by atomic mass is 19.3. The molecule has 0 saturated heterocycles. The van der Waals surface area contributed by atoms with Gasteiger partial charge >= 0.3 is 6.11 Å². The number of halogens is 3. The molecule has 0 bridgehead atoms. The van der Waals surface area contributed by atoms with Crippen molar-refractivity contribution >= 4 is 0 Å². The van der Waals surface area contributed by atoms with Crippen LogP contribution in [0.15, 0.2) is 54.6 Å². The largest absolute Gasteiger partial charge is 0.429 e. The van der Waals surface area contributed by atoms with Gasteiger partial charge in [0.2, 0.25) is 0 Å². The summed E-state index contributed by atoms with van der Waals surface area (Å²) in [6.07, 6.45) is 6.29. The van der Waals surface area contributed by atoms with E-state index in [1.165, 1.54) is 12.1 Å². The molecule has 0 aliphatic heterocycles.